The highest BCUT2D eigenvalue weighted by Crippen LogP contribution is 2.55. The largest absolute Gasteiger partial charge is 0.300 e. The Balaban J connectivity index is 2.15. The van der Waals surface area contributed by atoms with Crippen molar-refractivity contribution in [2.45, 2.75) is 30.3 Å². The highest BCUT2D eigenvalue weighted by molar-refractivity contribution is 8.21. The maximum absolute atomic E-state index is 11.7. The SMILES string of the molecule is CC(=O)[C@H]1CCC2(C[C@@H]1C(=O)NO)SCCS2. The molecule has 2 fully saturated rings. The number of carbonyl (C=O) groups excluding carboxylic acids is 2. The second kappa shape index (κ2) is 5.20. The molecule has 2 rings (SSSR count). The van der Waals surface area contributed by atoms with Crippen molar-refractivity contribution >= 4 is 35.2 Å². The molecule has 0 radical (unpaired) electrons. The van der Waals surface area contributed by atoms with Crippen LogP contribution in [0.25, 0.3) is 0 Å². The van der Waals surface area contributed by atoms with Crippen LogP contribution in [0.4, 0.5) is 0 Å². The minimum atomic E-state index is -0.405. The molecule has 1 spiro atoms. The molecular formula is C11H17NO3S2. The normalized spacial score (nSPS) is 31.4. The van der Waals surface area contributed by atoms with Crippen molar-refractivity contribution in [2.75, 3.05) is 11.5 Å². The van der Waals surface area contributed by atoms with E-state index in [-0.39, 0.29) is 21.7 Å². The minimum absolute atomic E-state index is 0.0569. The number of ketones is 1. The van der Waals surface area contributed by atoms with Crippen molar-refractivity contribution in [3.8, 4) is 0 Å². The van der Waals surface area contributed by atoms with Crippen LogP contribution in [0.1, 0.15) is 26.2 Å². The lowest BCUT2D eigenvalue weighted by molar-refractivity contribution is -0.140. The number of thioether (sulfide) groups is 2. The summed E-state index contributed by atoms with van der Waals surface area (Å²) in [6.07, 6.45) is 2.44. The van der Waals surface area contributed by atoms with Gasteiger partial charge in [-0.15, -0.1) is 23.5 Å². The van der Waals surface area contributed by atoms with E-state index in [4.69, 9.17) is 5.21 Å². The van der Waals surface area contributed by atoms with E-state index in [0.717, 1.165) is 24.3 Å². The molecule has 4 nitrogen and oxygen atoms in total. The fraction of sp³-hybridized carbons (Fsp3) is 0.818. The van der Waals surface area contributed by atoms with E-state index in [2.05, 4.69) is 0 Å². The van der Waals surface area contributed by atoms with Gasteiger partial charge in [-0.25, -0.2) is 5.48 Å². The van der Waals surface area contributed by atoms with Crippen LogP contribution in [0.2, 0.25) is 0 Å². The van der Waals surface area contributed by atoms with Crippen LogP contribution in [0.5, 0.6) is 0 Å². The molecular weight excluding hydrogens is 258 g/mol. The summed E-state index contributed by atoms with van der Waals surface area (Å²) in [7, 11) is 0. The van der Waals surface area contributed by atoms with Crippen LogP contribution in [0.3, 0.4) is 0 Å². The van der Waals surface area contributed by atoms with Gasteiger partial charge in [-0.05, 0) is 26.2 Å². The van der Waals surface area contributed by atoms with Gasteiger partial charge in [-0.3, -0.25) is 14.8 Å². The highest BCUT2D eigenvalue weighted by Gasteiger charge is 2.47. The number of hydrogen-bond acceptors (Lipinski definition) is 5. The Morgan fingerprint density at radius 2 is 1.94 bits per heavy atom. The van der Waals surface area contributed by atoms with Crippen LogP contribution in [0, 0.1) is 11.8 Å². The van der Waals surface area contributed by atoms with Crippen LogP contribution < -0.4 is 5.48 Å². The van der Waals surface area contributed by atoms with Gasteiger partial charge in [0.15, 0.2) is 0 Å². The first-order valence-corrected chi connectivity index (χ1v) is 7.77. The zero-order valence-corrected chi connectivity index (χ0v) is 11.4. The van der Waals surface area contributed by atoms with Gasteiger partial charge < -0.3 is 0 Å². The smallest absolute Gasteiger partial charge is 0.247 e. The van der Waals surface area contributed by atoms with Crippen molar-refractivity contribution < 1.29 is 14.8 Å². The average molecular weight is 275 g/mol. The first-order valence-electron chi connectivity index (χ1n) is 5.80. The van der Waals surface area contributed by atoms with Crippen LogP contribution in [-0.2, 0) is 9.59 Å². The van der Waals surface area contributed by atoms with Crippen molar-refractivity contribution in [1.29, 1.82) is 0 Å². The van der Waals surface area contributed by atoms with E-state index < -0.39 is 5.91 Å². The zero-order chi connectivity index (χ0) is 12.5. The molecule has 2 N–H and O–H groups in total. The topological polar surface area (TPSA) is 66.4 Å². The van der Waals surface area contributed by atoms with Gasteiger partial charge in [0, 0.05) is 17.4 Å². The molecule has 2 atom stereocenters. The third kappa shape index (κ3) is 2.63. The summed E-state index contributed by atoms with van der Waals surface area (Å²) in [4.78, 5) is 23.2. The Labute approximate surface area is 109 Å². The number of carbonyl (C=O) groups is 2. The Morgan fingerprint density at radius 3 is 2.47 bits per heavy atom. The minimum Gasteiger partial charge on any atom is -0.300 e. The van der Waals surface area contributed by atoms with Gasteiger partial charge in [0.1, 0.15) is 5.78 Å². The van der Waals surface area contributed by atoms with Crippen molar-refractivity contribution in [1.82, 2.24) is 5.48 Å². The number of amides is 1. The molecule has 1 aliphatic heterocycles. The van der Waals surface area contributed by atoms with Crippen molar-refractivity contribution in [3.05, 3.63) is 0 Å². The molecule has 0 aromatic carbocycles. The molecule has 1 aliphatic carbocycles. The number of Topliss-reactive ketones (excluding diaryl/α,β-unsaturated/α-hetero) is 1. The molecule has 1 amide bonds. The van der Waals surface area contributed by atoms with E-state index >= 15 is 0 Å². The van der Waals surface area contributed by atoms with Gasteiger partial charge >= 0.3 is 0 Å². The molecule has 1 saturated carbocycles. The molecule has 6 heteroatoms. The van der Waals surface area contributed by atoms with Gasteiger partial charge in [0.25, 0.3) is 0 Å². The summed E-state index contributed by atoms with van der Waals surface area (Å²) < 4.78 is 0.100. The Kier molecular flexibility index (Phi) is 4.05. The fourth-order valence-corrected chi connectivity index (χ4v) is 6.12. The van der Waals surface area contributed by atoms with E-state index in [1.165, 1.54) is 6.92 Å². The van der Waals surface area contributed by atoms with Gasteiger partial charge in [0.2, 0.25) is 5.91 Å². The standard InChI is InChI=1S/C11H17NO3S2/c1-7(13)8-2-3-11(16-4-5-17-11)6-9(8)10(14)12-15/h8-9,15H,2-6H2,1H3,(H,12,14)/t8-,9+/m1/s1. The average Bonchev–Trinajstić information content (AvgIpc) is 2.76. The van der Waals surface area contributed by atoms with Crippen LogP contribution in [0.15, 0.2) is 0 Å². The second-order valence-corrected chi connectivity index (χ2v) is 7.87. The third-order valence-corrected chi connectivity index (χ3v) is 7.21. The third-order valence-electron chi connectivity index (χ3n) is 3.64. The molecule has 1 heterocycles. The summed E-state index contributed by atoms with van der Waals surface area (Å²) in [5, 5.41) is 8.79. The van der Waals surface area contributed by atoms with E-state index in [1.54, 1.807) is 5.48 Å². The summed E-state index contributed by atoms with van der Waals surface area (Å²) >= 11 is 3.80. The van der Waals surface area contributed by atoms with Crippen LogP contribution >= 0.6 is 23.5 Å². The zero-order valence-electron chi connectivity index (χ0n) is 9.77. The molecule has 0 bridgehead atoms. The fourth-order valence-electron chi connectivity index (χ4n) is 2.76. The number of rotatable bonds is 2. The quantitative estimate of drug-likeness (QED) is 0.593. The summed E-state index contributed by atoms with van der Waals surface area (Å²) in [6, 6.07) is 0. The second-order valence-electron chi connectivity index (χ2n) is 4.65. The summed E-state index contributed by atoms with van der Waals surface area (Å²) in [5.41, 5.74) is 1.72. The lowest BCUT2D eigenvalue weighted by Crippen LogP contribution is -2.43. The van der Waals surface area contributed by atoms with Gasteiger partial charge in [-0.2, -0.15) is 0 Å². The van der Waals surface area contributed by atoms with E-state index in [9.17, 15) is 9.59 Å². The van der Waals surface area contributed by atoms with E-state index in [1.807, 2.05) is 23.5 Å². The van der Waals surface area contributed by atoms with Crippen molar-refractivity contribution in [2.24, 2.45) is 11.8 Å². The predicted octanol–water partition coefficient (Wildman–Crippen LogP) is 1.67. The molecule has 2 aliphatic rings. The number of hydroxylamine groups is 1. The van der Waals surface area contributed by atoms with Gasteiger partial charge in [-0.1, -0.05) is 0 Å². The Hall–Kier alpha value is -0.200. The molecule has 0 aromatic rings. The lowest BCUT2D eigenvalue weighted by atomic mass is 9.76. The maximum atomic E-state index is 11.7. The lowest BCUT2D eigenvalue weighted by Gasteiger charge is -2.39. The Morgan fingerprint density at radius 1 is 1.29 bits per heavy atom. The maximum Gasteiger partial charge on any atom is 0.247 e. The highest BCUT2D eigenvalue weighted by atomic mass is 32.2. The number of nitrogens with one attached hydrogen (secondary N) is 1. The predicted molar refractivity (Wildman–Crippen MR) is 69.1 cm³/mol. The van der Waals surface area contributed by atoms with Crippen LogP contribution in [-0.4, -0.2) is 32.5 Å². The first kappa shape index (κ1) is 13.2. The van der Waals surface area contributed by atoms with Gasteiger partial charge in [0.05, 0.1) is 10.00 Å². The molecule has 96 valence electrons. The first-order chi connectivity index (χ1) is 8.08. The molecule has 17 heavy (non-hydrogen) atoms. The summed E-state index contributed by atoms with van der Waals surface area (Å²) in [5.74, 6) is 1.28. The molecule has 1 saturated heterocycles. The molecule has 0 unspecified atom stereocenters. The van der Waals surface area contributed by atoms with E-state index in [0.29, 0.717) is 6.42 Å². The summed E-state index contributed by atoms with van der Waals surface area (Å²) in [6.45, 7) is 1.54. The van der Waals surface area contributed by atoms with Crippen molar-refractivity contribution in [3.63, 3.8) is 0 Å². The molecule has 0 aromatic heterocycles. The Bertz CT molecular complexity index is 329. The number of hydrogen-bond donors (Lipinski definition) is 2. The monoisotopic (exact) mass is 275 g/mol.